The van der Waals surface area contributed by atoms with Crippen LogP contribution in [0.5, 0.6) is 0 Å². The molecule has 1 aliphatic rings. The van der Waals surface area contributed by atoms with Gasteiger partial charge in [-0.2, -0.15) is 0 Å². The second-order valence-electron chi connectivity index (χ2n) is 7.23. The van der Waals surface area contributed by atoms with Gasteiger partial charge in [-0.1, -0.05) is 29.8 Å². The largest absolute Gasteiger partial charge is 0.378 e. The van der Waals surface area contributed by atoms with Crippen molar-refractivity contribution in [1.82, 2.24) is 4.90 Å². The predicted molar refractivity (Wildman–Crippen MR) is 117 cm³/mol. The summed E-state index contributed by atoms with van der Waals surface area (Å²) in [4.78, 5) is 27.3. The summed E-state index contributed by atoms with van der Waals surface area (Å²) in [6, 6.07) is 11.7. The molecular weight excluding hydrogens is 408 g/mol. The van der Waals surface area contributed by atoms with Crippen molar-refractivity contribution in [3.8, 4) is 0 Å². The van der Waals surface area contributed by atoms with Crippen molar-refractivity contribution in [3.05, 3.63) is 63.2 Å². The van der Waals surface area contributed by atoms with Gasteiger partial charge >= 0.3 is 0 Å². The first-order valence-electron chi connectivity index (χ1n) is 9.72. The molecule has 1 aliphatic heterocycles. The topological polar surface area (TPSA) is 87.9 Å². The number of rotatable bonds is 7. The maximum atomic E-state index is 12.7. The molecule has 0 spiro atoms. The molecule has 1 saturated heterocycles. The second kappa shape index (κ2) is 9.88. The molecule has 0 bridgehead atoms. The minimum Gasteiger partial charge on any atom is -0.378 e. The van der Waals surface area contributed by atoms with E-state index < -0.39 is 11.0 Å². The van der Waals surface area contributed by atoms with Crippen molar-refractivity contribution in [3.63, 3.8) is 0 Å². The van der Waals surface area contributed by atoms with Crippen LogP contribution < -0.4 is 10.2 Å². The lowest BCUT2D eigenvalue weighted by atomic mass is 10.1. The number of non-ortho nitro benzene ring substituents is 1. The van der Waals surface area contributed by atoms with Crippen molar-refractivity contribution < 1.29 is 14.5 Å². The Labute approximate surface area is 180 Å². The van der Waals surface area contributed by atoms with Crippen molar-refractivity contribution in [2.45, 2.75) is 19.5 Å². The number of benzene rings is 2. The maximum Gasteiger partial charge on any atom is 0.271 e. The Morgan fingerprint density at radius 2 is 2.00 bits per heavy atom. The molecule has 0 aliphatic carbocycles. The highest BCUT2D eigenvalue weighted by Gasteiger charge is 2.22. The van der Waals surface area contributed by atoms with Gasteiger partial charge < -0.3 is 15.0 Å². The fourth-order valence-corrected chi connectivity index (χ4v) is 3.54. The van der Waals surface area contributed by atoms with Gasteiger partial charge in [0.15, 0.2) is 0 Å². The van der Waals surface area contributed by atoms with Crippen LogP contribution in [-0.4, -0.2) is 55.1 Å². The Morgan fingerprint density at radius 1 is 1.30 bits per heavy atom. The second-order valence-corrected chi connectivity index (χ2v) is 7.64. The van der Waals surface area contributed by atoms with Crippen LogP contribution >= 0.6 is 11.6 Å². The maximum absolute atomic E-state index is 12.7. The molecule has 1 N–H and O–H groups in total. The summed E-state index contributed by atoms with van der Waals surface area (Å²) >= 11 is 6.09. The van der Waals surface area contributed by atoms with Gasteiger partial charge in [0.1, 0.15) is 0 Å². The molecule has 1 heterocycles. The molecule has 1 fully saturated rings. The van der Waals surface area contributed by atoms with E-state index in [1.54, 1.807) is 0 Å². The van der Waals surface area contributed by atoms with Gasteiger partial charge in [0, 0.05) is 37.5 Å². The van der Waals surface area contributed by atoms with Crippen molar-refractivity contribution in [2.24, 2.45) is 0 Å². The number of morpholine rings is 1. The van der Waals surface area contributed by atoms with Crippen LogP contribution in [0.2, 0.25) is 5.02 Å². The average molecular weight is 433 g/mol. The van der Waals surface area contributed by atoms with E-state index in [1.165, 1.54) is 18.2 Å². The Hall–Kier alpha value is -2.68. The van der Waals surface area contributed by atoms with E-state index in [0.29, 0.717) is 25.4 Å². The smallest absolute Gasteiger partial charge is 0.271 e. The van der Waals surface area contributed by atoms with E-state index in [2.05, 4.69) is 22.3 Å². The third-order valence-electron chi connectivity index (χ3n) is 5.23. The molecule has 0 aromatic heterocycles. The van der Waals surface area contributed by atoms with Crippen LogP contribution in [0.1, 0.15) is 12.5 Å². The summed E-state index contributed by atoms with van der Waals surface area (Å²) in [7, 11) is 1.89. The predicted octanol–water partition coefficient (Wildman–Crippen LogP) is 3.54. The summed E-state index contributed by atoms with van der Waals surface area (Å²) in [6.07, 6.45) is 0. The molecule has 2 aromatic carbocycles. The summed E-state index contributed by atoms with van der Waals surface area (Å²) in [5.41, 5.74) is 2.51. The first-order chi connectivity index (χ1) is 14.4. The first-order valence-corrected chi connectivity index (χ1v) is 10.1. The number of nitro benzene ring substituents is 1. The zero-order valence-corrected chi connectivity index (χ0v) is 17.8. The highest BCUT2D eigenvalue weighted by molar-refractivity contribution is 6.34. The number of likely N-dealkylation sites (N-methyl/N-ethyl adjacent to an activating group) is 1. The van der Waals surface area contributed by atoms with Gasteiger partial charge in [0.25, 0.3) is 5.69 Å². The number of nitrogens with zero attached hydrogens (tertiary/aromatic N) is 3. The number of carbonyl (C=O) groups is 1. The third kappa shape index (κ3) is 5.27. The zero-order valence-electron chi connectivity index (χ0n) is 17.0. The fourth-order valence-electron chi connectivity index (χ4n) is 3.32. The van der Waals surface area contributed by atoms with Crippen LogP contribution in [0.25, 0.3) is 0 Å². The molecule has 1 atom stereocenters. The number of ether oxygens (including phenoxy) is 1. The number of halogens is 1. The van der Waals surface area contributed by atoms with Crippen LogP contribution in [0.15, 0.2) is 42.5 Å². The lowest BCUT2D eigenvalue weighted by Crippen LogP contribution is -2.40. The summed E-state index contributed by atoms with van der Waals surface area (Å²) < 4.78 is 5.45. The van der Waals surface area contributed by atoms with E-state index in [-0.39, 0.29) is 16.6 Å². The van der Waals surface area contributed by atoms with Gasteiger partial charge in [-0.25, -0.2) is 0 Å². The monoisotopic (exact) mass is 432 g/mol. The number of nitrogens with one attached hydrogen (secondary N) is 1. The third-order valence-corrected chi connectivity index (χ3v) is 5.54. The van der Waals surface area contributed by atoms with E-state index >= 15 is 0 Å². The normalized spacial score (nSPS) is 15.1. The number of hydrogen-bond donors (Lipinski definition) is 1. The lowest BCUT2D eigenvalue weighted by Gasteiger charge is -2.32. The van der Waals surface area contributed by atoms with Crippen LogP contribution in [0.3, 0.4) is 0 Å². The summed E-state index contributed by atoms with van der Waals surface area (Å²) in [5, 5.41) is 13.7. The van der Waals surface area contributed by atoms with E-state index in [9.17, 15) is 14.9 Å². The molecule has 0 radical (unpaired) electrons. The Kier molecular flexibility index (Phi) is 7.25. The van der Waals surface area contributed by atoms with Crippen molar-refractivity contribution >= 4 is 34.6 Å². The molecule has 160 valence electrons. The average Bonchev–Trinajstić information content (AvgIpc) is 2.75. The first kappa shape index (κ1) is 22.0. The minimum atomic E-state index is -0.528. The molecule has 30 heavy (non-hydrogen) atoms. The molecule has 9 heteroatoms. The Balaban J connectivity index is 1.67. The van der Waals surface area contributed by atoms with E-state index in [1.807, 2.05) is 31.0 Å². The van der Waals surface area contributed by atoms with Crippen LogP contribution in [0.4, 0.5) is 17.1 Å². The molecule has 0 unspecified atom stereocenters. The van der Waals surface area contributed by atoms with E-state index in [4.69, 9.17) is 16.3 Å². The zero-order chi connectivity index (χ0) is 21.7. The molecule has 1 amide bonds. The molecule has 2 aromatic rings. The summed E-state index contributed by atoms with van der Waals surface area (Å²) in [6.45, 7) is 5.50. The highest BCUT2D eigenvalue weighted by atomic mass is 35.5. The standard InChI is InChI=1S/C21H25ClN4O4/c1-15(21(27)23-19-8-7-17(26(28)29)13-18(19)22)24(2)14-16-5-3-4-6-20(16)25-9-11-30-12-10-25/h3-8,13,15H,9-12,14H2,1-2H3,(H,23,27)/t15-/m0/s1. The Bertz CT molecular complexity index is 918. The quantitative estimate of drug-likeness (QED) is 0.531. The lowest BCUT2D eigenvalue weighted by molar-refractivity contribution is -0.384. The van der Waals surface area contributed by atoms with Gasteiger partial charge in [0.2, 0.25) is 5.91 Å². The highest BCUT2D eigenvalue weighted by Crippen LogP contribution is 2.27. The fraction of sp³-hybridized carbons (Fsp3) is 0.381. The van der Waals surface area contributed by atoms with Crippen LogP contribution in [0, 0.1) is 10.1 Å². The van der Waals surface area contributed by atoms with Gasteiger partial charge in [-0.3, -0.25) is 19.8 Å². The van der Waals surface area contributed by atoms with Crippen molar-refractivity contribution in [1.29, 1.82) is 0 Å². The Morgan fingerprint density at radius 3 is 2.67 bits per heavy atom. The molecule has 8 nitrogen and oxygen atoms in total. The number of amides is 1. The minimum absolute atomic E-state index is 0.122. The van der Waals surface area contributed by atoms with Gasteiger partial charge in [-0.15, -0.1) is 0 Å². The number of carbonyl (C=O) groups excluding carboxylic acids is 1. The van der Waals surface area contributed by atoms with Crippen LogP contribution in [-0.2, 0) is 16.1 Å². The number of para-hydroxylation sites is 1. The number of hydrogen-bond acceptors (Lipinski definition) is 6. The molecule has 0 saturated carbocycles. The van der Waals surface area contributed by atoms with E-state index in [0.717, 1.165) is 24.3 Å². The summed E-state index contributed by atoms with van der Waals surface area (Å²) in [5.74, 6) is -0.239. The van der Waals surface area contributed by atoms with Gasteiger partial charge in [0.05, 0.1) is 34.9 Å². The molecular formula is C21H25ClN4O4. The number of nitro groups is 1. The number of anilines is 2. The van der Waals surface area contributed by atoms with Crippen molar-refractivity contribution in [2.75, 3.05) is 43.6 Å². The molecule has 3 rings (SSSR count). The SMILES string of the molecule is C[C@@H](C(=O)Nc1ccc([N+](=O)[O-])cc1Cl)N(C)Cc1ccccc1N1CCOCC1. The van der Waals surface area contributed by atoms with Gasteiger partial charge in [-0.05, 0) is 31.7 Å².